The van der Waals surface area contributed by atoms with Gasteiger partial charge >= 0.3 is 0 Å². The van der Waals surface area contributed by atoms with Crippen molar-refractivity contribution in [3.8, 4) is 0 Å². The lowest BCUT2D eigenvalue weighted by molar-refractivity contribution is 0.0436. The number of fused-ring (bicyclic) bond motifs is 2. The Bertz CT molecular complexity index is 279. The lowest BCUT2D eigenvalue weighted by Crippen LogP contribution is -2.53. The van der Waals surface area contributed by atoms with Crippen LogP contribution in [-0.4, -0.2) is 35.6 Å². The van der Waals surface area contributed by atoms with Crippen LogP contribution in [-0.2, 0) is 0 Å². The minimum absolute atomic E-state index is 0.835. The standard InChI is InChI=1S/C17H32N2/c1-3-13-7-5-6-8-17(13)19(4-2)16-11-14-9-10-15(12-16)18-14/h13-18H,3-12H2,1-2H3. The van der Waals surface area contributed by atoms with Gasteiger partial charge in [0.1, 0.15) is 0 Å². The molecule has 19 heavy (non-hydrogen) atoms. The summed E-state index contributed by atoms with van der Waals surface area (Å²) in [7, 11) is 0. The van der Waals surface area contributed by atoms with Crippen molar-refractivity contribution in [1.29, 1.82) is 0 Å². The molecule has 1 aliphatic carbocycles. The average Bonchev–Trinajstić information content (AvgIpc) is 2.79. The summed E-state index contributed by atoms with van der Waals surface area (Å²) >= 11 is 0. The van der Waals surface area contributed by atoms with Crippen LogP contribution < -0.4 is 5.32 Å². The fraction of sp³-hybridized carbons (Fsp3) is 1.00. The second-order valence-corrected chi connectivity index (χ2v) is 7.11. The number of hydrogen-bond acceptors (Lipinski definition) is 2. The predicted molar refractivity (Wildman–Crippen MR) is 81.4 cm³/mol. The SMILES string of the molecule is CCC1CCCCC1N(CC)C1CC2CCC(C1)N2. The topological polar surface area (TPSA) is 15.3 Å². The van der Waals surface area contributed by atoms with E-state index in [-0.39, 0.29) is 0 Å². The van der Waals surface area contributed by atoms with Crippen molar-refractivity contribution in [2.75, 3.05) is 6.54 Å². The van der Waals surface area contributed by atoms with E-state index in [1.54, 1.807) is 0 Å². The van der Waals surface area contributed by atoms with Crippen LogP contribution >= 0.6 is 0 Å². The van der Waals surface area contributed by atoms with Gasteiger partial charge in [0.05, 0.1) is 0 Å². The molecule has 0 spiro atoms. The minimum Gasteiger partial charge on any atom is -0.311 e. The molecule has 4 atom stereocenters. The molecule has 2 aliphatic heterocycles. The molecule has 1 N–H and O–H groups in total. The van der Waals surface area contributed by atoms with Crippen LogP contribution in [0.5, 0.6) is 0 Å². The number of piperidine rings is 1. The van der Waals surface area contributed by atoms with Gasteiger partial charge < -0.3 is 5.32 Å². The summed E-state index contributed by atoms with van der Waals surface area (Å²) < 4.78 is 0. The van der Waals surface area contributed by atoms with E-state index in [9.17, 15) is 0 Å². The maximum absolute atomic E-state index is 3.80. The Morgan fingerprint density at radius 3 is 2.26 bits per heavy atom. The van der Waals surface area contributed by atoms with Crippen molar-refractivity contribution < 1.29 is 0 Å². The maximum Gasteiger partial charge on any atom is 0.0128 e. The highest BCUT2D eigenvalue weighted by Crippen LogP contribution is 2.36. The maximum atomic E-state index is 3.80. The normalized spacial score (nSPS) is 42.8. The fourth-order valence-corrected chi connectivity index (χ4v) is 5.16. The molecule has 2 heterocycles. The quantitative estimate of drug-likeness (QED) is 0.835. The van der Waals surface area contributed by atoms with Gasteiger partial charge in [-0.25, -0.2) is 0 Å². The van der Waals surface area contributed by atoms with E-state index in [1.807, 2.05) is 0 Å². The third-order valence-electron chi connectivity index (χ3n) is 6.10. The number of rotatable bonds is 4. The third kappa shape index (κ3) is 2.85. The van der Waals surface area contributed by atoms with Crippen LogP contribution in [0.2, 0.25) is 0 Å². The molecule has 2 heteroatoms. The lowest BCUT2D eigenvalue weighted by atomic mass is 9.80. The molecule has 2 nitrogen and oxygen atoms in total. The van der Waals surface area contributed by atoms with Crippen molar-refractivity contribution >= 4 is 0 Å². The molecule has 0 radical (unpaired) electrons. The zero-order valence-electron chi connectivity index (χ0n) is 12.9. The van der Waals surface area contributed by atoms with E-state index in [0.717, 1.165) is 30.1 Å². The van der Waals surface area contributed by atoms with Crippen LogP contribution in [0.25, 0.3) is 0 Å². The second-order valence-electron chi connectivity index (χ2n) is 7.11. The molecule has 3 rings (SSSR count). The number of nitrogens with one attached hydrogen (secondary N) is 1. The molecule has 3 aliphatic rings. The van der Waals surface area contributed by atoms with Gasteiger partial charge in [0.15, 0.2) is 0 Å². The predicted octanol–water partition coefficient (Wildman–Crippen LogP) is 3.56. The van der Waals surface area contributed by atoms with Gasteiger partial charge in [-0.1, -0.05) is 33.1 Å². The van der Waals surface area contributed by atoms with Crippen LogP contribution in [0.3, 0.4) is 0 Å². The molecular formula is C17H32N2. The highest BCUT2D eigenvalue weighted by Gasteiger charge is 2.39. The smallest absolute Gasteiger partial charge is 0.0128 e. The first kappa shape index (κ1) is 13.9. The zero-order chi connectivity index (χ0) is 13.2. The Balaban J connectivity index is 1.68. The van der Waals surface area contributed by atoms with Gasteiger partial charge in [0, 0.05) is 24.2 Å². The van der Waals surface area contributed by atoms with Gasteiger partial charge in [-0.05, 0) is 51.0 Å². The molecule has 2 bridgehead atoms. The van der Waals surface area contributed by atoms with Crippen molar-refractivity contribution in [3.05, 3.63) is 0 Å². The number of nitrogens with zero attached hydrogens (tertiary/aromatic N) is 1. The number of hydrogen-bond donors (Lipinski definition) is 1. The molecule has 4 unspecified atom stereocenters. The molecule has 0 amide bonds. The van der Waals surface area contributed by atoms with Gasteiger partial charge in [-0.2, -0.15) is 0 Å². The zero-order valence-corrected chi connectivity index (χ0v) is 12.9. The first-order chi connectivity index (χ1) is 9.31. The largest absolute Gasteiger partial charge is 0.311 e. The van der Waals surface area contributed by atoms with Gasteiger partial charge in [-0.15, -0.1) is 0 Å². The van der Waals surface area contributed by atoms with Crippen molar-refractivity contribution in [2.45, 2.75) is 95.8 Å². The van der Waals surface area contributed by atoms with Crippen LogP contribution in [0.15, 0.2) is 0 Å². The Kier molecular flexibility index (Phi) is 4.48. The van der Waals surface area contributed by atoms with Crippen LogP contribution in [0.4, 0.5) is 0 Å². The van der Waals surface area contributed by atoms with E-state index in [0.29, 0.717) is 0 Å². The van der Waals surface area contributed by atoms with Crippen LogP contribution in [0, 0.1) is 5.92 Å². The first-order valence-electron chi connectivity index (χ1n) is 8.83. The Labute approximate surface area is 119 Å². The van der Waals surface area contributed by atoms with Crippen molar-refractivity contribution in [1.82, 2.24) is 10.2 Å². The molecule has 2 saturated heterocycles. The Morgan fingerprint density at radius 1 is 0.947 bits per heavy atom. The molecule has 1 saturated carbocycles. The summed E-state index contributed by atoms with van der Waals surface area (Å²) in [5.74, 6) is 0.973. The lowest BCUT2D eigenvalue weighted by Gasteiger charge is -2.46. The summed E-state index contributed by atoms with van der Waals surface area (Å²) in [4.78, 5) is 2.92. The van der Waals surface area contributed by atoms with Crippen molar-refractivity contribution in [3.63, 3.8) is 0 Å². The molecule has 110 valence electrons. The monoisotopic (exact) mass is 264 g/mol. The molecule has 0 aromatic heterocycles. The van der Waals surface area contributed by atoms with Crippen LogP contribution in [0.1, 0.15) is 71.6 Å². The summed E-state index contributed by atoms with van der Waals surface area (Å²) in [6.07, 6.45) is 13.0. The highest BCUT2D eigenvalue weighted by atomic mass is 15.2. The summed E-state index contributed by atoms with van der Waals surface area (Å²) in [6, 6.07) is 3.44. The minimum atomic E-state index is 0.835. The Hall–Kier alpha value is -0.0800. The first-order valence-corrected chi connectivity index (χ1v) is 8.83. The summed E-state index contributed by atoms with van der Waals surface area (Å²) in [5, 5.41) is 3.80. The van der Waals surface area contributed by atoms with Crippen molar-refractivity contribution in [2.24, 2.45) is 5.92 Å². The van der Waals surface area contributed by atoms with E-state index in [1.165, 1.54) is 64.3 Å². The Morgan fingerprint density at radius 2 is 1.63 bits per heavy atom. The molecule has 0 aromatic carbocycles. The average molecular weight is 264 g/mol. The van der Waals surface area contributed by atoms with Gasteiger partial charge in [-0.3, -0.25) is 4.90 Å². The fourth-order valence-electron chi connectivity index (χ4n) is 5.16. The van der Waals surface area contributed by atoms with E-state index in [4.69, 9.17) is 0 Å². The third-order valence-corrected chi connectivity index (χ3v) is 6.10. The molecule has 3 fully saturated rings. The van der Waals surface area contributed by atoms with E-state index < -0.39 is 0 Å². The van der Waals surface area contributed by atoms with E-state index >= 15 is 0 Å². The second kappa shape index (κ2) is 6.13. The summed E-state index contributed by atoms with van der Waals surface area (Å²) in [5.41, 5.74) is 0. The highest BCUT2D eigenvalue weighted by molar-refractivity contribution is 4.97. The molecule has 0 aromatic rings. The molecular weight excluding hydrogens is 232 g/mol. The summed E-state index contributed by atoms with van der Waals surface area (Å²) in [6.45, 7) is 6.07. The van der Waals surface area contributed by atoms with Gasteiger partial charge in [0.2, 0.25) is 0 Å². The van der Waals surface area contributed by atoms with E-state index in [2.05, 4.69) is 24.1 Å². The van der Waals surface area contributed by atoms with Gasteiger partial charge in [0.25, 0.3) is 0 Å².